The third-order valence-electron chi connectivity index (χ3n) is 3.39. The monoisotopic (exact) mass is 382 g/mol. The van der Waals surface area contributed by atoms with E-state index < -0.39 is 5.91 Å². The van der Waals surface area contributed by atoms with Crippen molar-refractivity contribution in [1.82, 2.24) is 5.43 Å². The van der Waals surface area contributed by atoms with Gasteiger partial charge in [-0.2, -0.15) is 5.10 Å². The molecule has 132 valence electrons. The van der Waals surface area contributed by atoms with Crippen LogP contribution in [0, 0.1) is 0 Å². The molecule has 2 aromatic rings. The van der Waals surface area contributed by atoms with Crippen LogP contribution >= 0.6 is 23.2 Å². The van der Waals surface area contributed by atoms with Crippen LogP contribution in [0.2, 0.25) is 10.0 Å². The summed E-state index contributed by atoms with van der Waals surface area (Å²) < 4.78 is 10.3. The minimum absolute atomic E-state index is 0.100. The van der Waals surface area contributed by atoms with E-state index in [9.17, 15) is 9.90 Å². The highest BCUT2D eigenvalue weighted by molar-refractivity contribution is 6.36. The maximum Gasteiger partial charge on any atom is 0.271 e. The van der Waals surface area contributed by atoms with Crippen LogP contribution < -0.4 is 14.9 Å². The predicted molar refractivity (Wildman–Crippen MR) is 97.4 cm³/mol. The molecule has 2 N–H and O–H groups in total. The lowest BCUT2D eigenvalue weighted by Crippen LogP contribution is -2.19. The van der Waals surface area contributed by atoms with Crippen LogP contribution in [-0.2, 0) is 0 Å². The van der Waals surface area contributed by atoms with E-state index in [1.54, 1.807) is 19.1 Å². The highest BCUT2D eigenvalue weighted by Crippen LogP contribution is 2.31. The Morgan fingerprint density at radius 2 is 1.80 bits per heavy atom. The van der Waals surface area contributed by atoms with Gasteiger partial charge in [-0.15, -0.1) is 0 Å². The molecule has 0 atom stereocenters. The Kier molecular flexibility index (Phi) is 6.12. The third kappa shape index (κ3) is 4.35. The summed E-state index contributed by atoms with van der Waals surface area (Å²) in [5.41, 5.74) is 3.41. The quantitative estimate of drug-likeness (QED) is 0.607. The van der Waals surface area contributed by atoms with Gasteiger partial charge in [0.05, 0.1) is 25.0 Å². The second kappa shape index (κ2) is 8.09. The summed E-state index contributed by atoms with van der Waals surface area (Å²) in [6.45, 7) is 1.61. The molecule has 8 heteroatoms. The van der Waals surface area contributed by atoms with E-state index in [1.807, 2.05) is 0 Å². The Hall–Kier alpha value is -2.44. The van der Waals surface area contributed by atoms with Crippen molar-refractivity contribution in [3.8, 4) is 17.2 Å². The summed E-state index contributed by atoms with van der Waals surface area (Å²) in [5, 5.41) is 14.4. The highest BCUT2D eigenvalue weighted by Gasteiger charge is 2.13. The van der Waals surface area contributed by atoms with Crippen molar-refractivity contribution in [1.29, 1.82) is 0 Å². The summed E-state index contributed by atoms with van der Waals surface area (Å²) in [4.78, 5) is 12.2. The topological polar surface area (TPSA) is 80.2 Å². The first-order valence-corrected chi connectivity index (χ1v) is 7.88. The van der Waals surface area contributed by atoms with E-state index in [1.165, 1.54) is 32.4 Å². The van der Waals surface area contributed by atoms with Crippen molar-refractivity contribution in [2.24, 2.45) is 5.10 Å². The molecule has 2 aromatic carbocycles. The first-order valence-electron chi connectivity index (χ1n) is 7.12. The molecule has 0 heterocycles. The molecule has 0 spiro atoms. The molecule has 0 bridgehead atoms. The fourth-order valence-electron chi connectivity index (χ4n) is 2.08. The summed E-state index contributed by atoms with van der Waals surface area (Å²) in [5.74, 6) is 0.327. The molecule has 1 amide bonds. The second-order valence-electron chi connectivity index (χ2n) is 4.99. The molecule has 0 unspecified atom stereocenters. The van der Waals surface area contributed by atoms with Gasteiger partial charge in [-0.3, -0.25) is 4.79 Å². The average molecular weight is 383 g/mol. The van der Waals surface area contributed by atoms with E-state index >= 15 is 0 Å². The molecule has 0 saturated carbocycles. The first-order chi connectivity index (χ1) is 11.9. The SMILES string of the molecule is COc1ccc(C(=O)N/N=C(\C)c2cc(Cl)cc(Cl)c2O)cc1OC. The number of nitrogens with one attached hydrogen (secondary N) is 1. The van der Waals surface area contributed by atoms with Crippen molar-refractivity contribution >= 4 is 34.8 Å². The number of halogens is 2. The van der Waals surface area contributed by atoms with Gasteiger partial charge in [0.25, 0.3) is 5.91 Å². The Morgan fingerprint density at radius 1 is 1.12 bits per heavy atom. The minimum atomic E-state index is -0.451. The molecule has 0 aliphatic carbocycles. The lowest BCUT2D eigenvalue weighted by Gasteiger charge is -2.09. The number of hydrogen-bond acceptors (Lipinski definition) is 5. The van der Waals surface area contributed by atoms with Gasteiger partial charge in [0.15, 0.2) is 11.5 Å². The number of ether oxygens (including phenoxy) is 2. The number of hydrogen-bond donors (Lipinski definition) is 2. The molecule has 0 radical (unpaired) electrons. The second-order valence-corrected chi connectivity index (χ2v) is 5.84. The number of carbonyl (C=O) groups excluding carboxylic acids is 1. The van der Waals surface area contributed by atoms with Gasteiger partial charge in [0.2, 0.25) is 0 Å². The van der Waals surface area contributed by atoms with Crippen LogP contribution in [0.25, 0.3) is 0 Å². The van der Waals surface area contributed by atoms with E-state index in [-0.39, 0.29) is 10.8 Å². The fraction of sp³-hybridized carbons (Fsp3) is 0.176. The molecule has 0 saturated heterocycles. The van der Waals surface area contributed by atoms with Crippen LogP contribution in [-0.4, -0.2) is 30.9 Å². The Balaban J connectivity index is 2.22. The molecule has 0 aliphatic rings. The molecular weight excluding hydrogens is 367 g/mol. The van der Waals surface area contributed by atoms with Crippen molar-refractivity contribution in [3.63, 3.8) is 0 Å². The van der Waals surface area contributed by atoms with Crippen LogP contribution in [0.15, 0.2) is 35.4 Å². The molecular formula is C17H16Cl2N2O4. The molecule has 6 nitrogen and oxygen atoms in total. The van der Waals surface area contributed by atoms with E-state index in [2.05, 4.69) is 10.5 Å². The highest BCUT2D eigenvalue weighted by atomic mass is 35.5. The number of methoxy groups -OCH3 is 2. The fourth-order valence-corrected chi connectivity index (χ4v) is 2.57. The minimum Gasteiger partial charge on any atom is -0.506 e. The third-order valence-corrected chi connectivity index (χ3v) is 3.90. The zero-order valence-corrected chi connectivity index (χ0v) is 15.3. The Labute approximate surface area is 155 Å². The number of benzene rings is 2. The molecule has 2 rings (SSSR count). The maximum atomic E-state index is 12.2. The molecule has 0 aromatic heterocycles. The van der Waals surface area contributed by atoms with Crippen molar-refractivity contribution < 1.29 is 19.4 Å². The number of carbonyl (C=O) groups is 1. The van der Waals surface area contributed by atoms with Crippen LogP contribution in [0.5, 0.6) is 17.2 Å². The van der Waals surface area contributed by atoms with Crippen LogP contribution in [0.1, 0.15) is 22.8 Å². The number of phenolic OH excluding ortho intramolecular Hbond substituents is 1. The maximum absolute atomic E-state index is 12.2. The van der Waals surface area contributed by atoms with E-state index in [0.29, 0.717) is 33.4 Å². The number of phenols is 1. The van der Waals surface area contributed by atoms with Gasteiger partial charge < -0.3 is 14.6 Å². The van der Waals surface area contributed by atoms with Gasteiger partial charge in [0, 0.05) is 16.1 Å². The first kappa shape index (κ1) is 18.9. The largest absolute Gasteiger partial charge is 0.506 e. The van der Waals surface area contributed by atoms with Gasteiger partial charge in [-0.1, -0.05) is 23.2 Å². The number of nitrogens with zero attached hydrogens (tertiary/aromatic N) is 1. The van der Waals surface area contributed by atoms with Crippen molar-refractivity contribution in [2.75, 3.05) is 14.2 Å². The van der Waals surface area contributed by atoms with Gasteiger partial charge in [-0.25, -0.2) is 5.43 Å². The number of aromatic hydroxyl groups is 1. The van der Waals surface area contributed by atoms with E-state index in [0.717, 1.165) is 0 Å². The van der Waals surface area contributed by atoms with Crippen LogP contribution in [0.4, 0.5) is 0 Å². The van der Waals surface area contributed by atoms with Crippen molar-refractivity contribution in [2.45, 2.75) is 6.92 Å². The lowest BCUT2D eigenvalue weighted by molar-refractivity contribution is 0.0954. The summed E-state index contributed by atoms with van der Waals surface area (Å²) in [6, 6.07) is 7.65. The van der Waals surface area contributed by atoms with Gasteiger partial charge in [-0.05, 0) is 37.3 Å². The van der Waals surface area contributed by atoms with Gasteiger partial charge in [0.1, 0.15) is 5.75 Å². The Bertz CT molecular complexity index is 838. The van der Waals surface area contributed by atoms with Crippen LogP contribution in [0.3, 0.4) is 0 Å². The summed E-state index contributed by atoms with van der Waals surface area (Å²) >= 11 is 11.8. The van der Waals surface area contributed by atoms with Crippen molar-refractivity contribution in [3.05, 3.63) is 51.5 Å². The number of amides is 1. The number of rotatable bonds is 5. The summed E-state index contributed by atoms with van der Waals surface area (Å²) in [7, 11) is 2.99. The summed E-state index contributed by atoms with van der Waals surface area (Å²) in [6.07, 6.45) is 0. The molecule has 0 aliphatic heterocycles. The smallest absolute Gasteiger partial charge is 0.271 e. The normalized spacial score (nSPS) is 11.2. The molecule has 25 heavy (non-hydrogen) atoms. The molecule has 0 fully saturated rings. The standard InChI is InChI=1S/C17H16Cl2N2O4/c1-9(12-7-11(18)8-13(19)16(12)22)20-21-17(23)10-4-5-14(24-2)15(6-10)25-3/h4-8,22H,1-3H3,(H,21,23)/b20-9+. The van der Waals surface area contributed by atoms with E-state index in [4.69, 9.17) is 32.7 Å². The zero-order valence-electron chi connectivity index (χ0n) is 13.8. The van der Waals surface area contributed by atoms with Gasteiger partial charge >= 0.3 is 0 Å². The average Bonchev–Trinajstić information content (AvgIpc) is 2.61. The predicted octanol–water partition coefficient (Wildman–Crippen LogP) is 3.87. The number of hydrazone groups is 1. The zero-order chi connectivity index (χ0) is 18.6. The Morgan fingerprint density at radius 3 is 2.44 bits per heavy atom. The lowest BCUT2D eigenvalue weighted by atomic mass is 10.1.